The fourth-order valence-electron chi connectivity index (χ4n) is 5.15. The highest BCUT2D eigenvalue weighted by molar-refractivity contribution is 7.92. The summed E-state index contributed by atoms with van der Waals surface area (Å²) >= 11 is 6.02. The number of carbonyl (C=O) groups is 2. The SMILES string of the molecule is CC[C@H](C(=O)NC1CCCC1)N(CCc1ccccc1)C(=O)CN(c1ccc(F)c(Cl)c1)S(=O)(=O)c1ccccc1. The average molecular weight is 600 g/mol. The van der Waals surface area contributed by atoms with Crippen molar-refractivity contribution in [3.05, 3.63) is 95.3 Å². The maximum absolute atomic E-state index is 14.1. The lowest BCUT2D eigenvalue weighted by Gasteiger charge is -2.33. The van der Waals surface area contributed by atoms with E-state index in [9.17, 15) is 22.4 Å². The summed E-state index contributed by atoms with van der Waals surface area (Å²) in [6, 6.07) is 20.1. The maximum Gasteiger partial charge on any atom is 0.264 e. The van der Waals surface area contributed by atoms with Crippen molar-refractivity contribution in [1.29, 1.82) is 0 Å². The topological polar surface area (TPSA) is 86.8 Å². The lowest BCUT2D eigenvalue weighted by molar-refractivity contribution is -0.139. The van der Waals surface area contributed by atoms with Crippen LogP contribution < -0.4 is 9.62 Å². The minimum absolute atomic E-state index is 0.0323. The number of halogens is 2. The van der Waals surface area contributed by atoms with Crippen molar-refractivity contribution in [2.45, 2.75) is 62.4 Å². The summed E-state index contributed by atoms with van der Waals surface area (Å²) < 4.78 is 42.6. The van der Waals surface area contributed by atoms with E-state index >= 15 is 0 Å². The van der Waals surface area contributed by atoms with Crippen LogP contribution in [0.1, 0.15) is 44.6 Å². The van der Waals surface area contributed by atoms with E-state index in [4.69, 9.17) is 11.6 Å². The largest absolute Gasteiger partial charge is 0.352 e. The van der Waals surface area contributed by atoms with Gasteiger partial charge in [-0.25, -0.2) is 12.8 Å². The molecule has 1 aliphatic rings. The van der Waals surface area contributed by atoms with E-state index in [0.717, 1.165) is 41.6 Å². The summed E-state index contributed by atoms with van der Waals surface area (Å²) in [5, 5.41) is 2.82. The lowest BCUT2D eigenvalue weighted by Crippen LogP contribution is -2.54. The third-order valence-electron chi connectivity index (χ3n) is 7.37. The Hall–Kier alpha value is -3.43. The molecule has 0 spiro atoms. The van der Waals surface area contributed by atoms with Crippen LogP contribution in [0, 0.1) is 5.82 Å². The first-order valence-electron chi connectivity index (χ1n) is 13.9. The number of amides is 2. The summed E-state index contributed by atoms with van der Waals surface area (Å²) in [5.41, 5.74) is 1.02. The molecular weight excluding hydrogens is 565 g/mol. The van der Waals surface area contributed by atoms with Crippen LogP contribution in [0.15, 0.2) is 83.8 Å². The molecule has 7 nitrogen and oxygen atoms in total. The Morgan fingerprint density at radius 1 is 1.00 bits per heavy atom. The van der Waals surface area contributed by atoms with E-state index in [1.807, 2.05) is 37.3 Å². The summed E-state index contributed by atoms with van der Waals surface area (Å²) in [7, 11) is -4.25. The number of hydrogen-bond acceptors (Lipinski definition) is 4. The molecule has 0 bridgehead atoms. The Labute approximate surface area is 246 Å². The molecule has 0 unspecified atom stereocenters. The van der Waals surface area contributed by atoms with Crippen molar-refractivity contribution in [3.63, 3.8) is 0 Å². The first-order chi connectivity index (χ1) is 19.7. The molecule has 0 aromatic heterocycles. The van der Waals surface area contributed by atoms with Crippen molar-refractivity contribution >= 4 is 39.1 Å². The Bertz CT molecular complexity index is 1430. The summed E-state index contributed by atoms with van der Waals surface area (Å²) in [6.45, 7) is 1.45. The second-order valence-electron chi connectivity index (χ2n) is 10.2. The molecule has 1 atom stereocenters. The minimum Gasteiger partial charge on any atom is -0.352 e. The Morgan fingerprint density at radius 3 is 2.24 bits per heavy atom. The fraction of sp³-hybridized carbons (Fsp3) is 0.355. The van der Waals surface area contributed by atoms with Gasteiger partial charge in [0.25, 0.3) is 10.0 Å². The van der Waals surface area contributed by atoms with Crippen LogP contribution in [-0.4, -0.2) is 50.3 Å². The molecule has 0 saturated heterocycles. The number of carbonyl (C=O) groups excluding carboxylic acids is 2. The first kappa shape index (κ1) is 30.5. The normalized spacial score (nSPS) is 14.4. The first-order valence-corrected chi connectivity index (χ1v) is 15.7. The van der Waals surface area contributed by atoms with Crippen LogP contribution in [-0.2, 0) is 26.0 Å². The van der Waals surface area contributed by atoms with Gasteiger partial charge in [-0.1, -0.05) is 79.9 Å². The van der Waals surface area contributed by atoms with E-state index < -0.39 is 34.3 Å². The van der Waals surface area contributed by atoms with Crippen LogP contribution in [0.25, 0.3) is 0 Å². The molecule has 1 fully saturated rings. The zero-order valence-corrected chi connectivity index (χ0v) is 24.6. The Balaban J connectivity index is 1.68. The van der Waals surface area contributed by atoms with Gasteiger partial charge in [-0.3, -0.25) is 13.9 Å². The van der Waals surface area contributed by atoms with E-state index in [0.29, 0.717) is 12.8 Å². The molecule has 41 heavy (non-hydrogen) atoms. The van der Waals surface area contributed by atoms with Crippen molar-refractivity contribution in [1.82, 2.24) is 10.2 Å². The van der Waals surface area contributed by atoms with Gasteiger partial charge >= 0.3 is 0 Å². The van der Waals surface area contributed by atoms with E-state index in [1.165, 1.54) is 29.2 Å². The molecule has 2 amide bonds. The van der Waals surface area contributed by atoms with Gasteiger partial charge in [0.1, 0.15) is 18.4 Å². The van der Waals surface area contributed by atoms with E-state index in [-0.39, 0.29) is 34.1 Å². The van der Waals surface area contributed by atoms with Gasteiger partial charge in [-0.2, -0.15) is 0 Å². The zero-order chi connectivity index (χ0) is 29.4. The van der Waals surface area contributed by atoms with Crippen molar-refractivity contribution in [2.24, 2.45) is 0 Å². The third kappa shape index (κ3) is 7.65. The van der Waals surface area contributed by atoms with Crippen molar-refractivity contribution in [3.8, 4) is 0 Å². The molecule has 10 heteroatoms. The highest BCUT2D eigenvalue weighted by Crippen LogP contribution is 2.28. The molecule has 1 N–H and O–H groups in total. The van der Waals surface area contributed by atoms with Gasteiger partial charge in [0.2, 0.25) is 11.8 Å². The Kier molecular flexibility index (Phi) is 10.4. The van der Waals surface area contributed by atoms with Crippen LogP contribution in [0.5, 0.6) is 0 Å². The predicted molar refractivity (Wildman–Crippen MR) is 159 cm³/mol. The number of rotatable bonds is 12. The minimum atomic E-state index is -4.25. The van der Waals surface area contributed by atoms with E-state index in [1.54, 1.807) is 18.2 Å². The quantitative estimate of drug-likeness (QED) is 0.294. The molecule has 0 aliphatic heterocycles. The molecule has 0 heterocycles. The van der Waals surface area contributed by atoms with Crippen LogP contribution in [0.2, 0.25) is 5.02 Å². The molecular formula is C31H35ClFN3O4S. The maximum atomic E-state index is 14.1. The molecule has 1 aliphatic carbocycles. The lowest BCUT2D eigenvalue weighted by atomic mass is 10.1. The summed E-state index contributed by atoms with van der Waals surface area (Å²) in [4.78, 5) is 28.9. The molecule has 4 rings (SSSR count). The van der Waals surface area contributed by atoms with Crippen LogP contribution in [0.3, 0.4) is 0 Å². The zero-order valence-electron chi connectivity index (χ0n) is 23.0. The predicted octanol–water partition coefficient (Wildman–Crippen LogP) is 5.58. The summed E-state index contributed by atoms with van der Waals surface area (Å²) in [6.07, 6.45) is 4.72. The number of sulfonamides is 1. The smallest absolute Gasteiger partial charge is 0.264 e. The second kappa shape index (κ2) is 14.0. The van der Waals surface area contributed by atoms with Crippen LogP contribution in [0.4, 0.5) is 10.1 Å². The monoisotopic (exact) mass is 599 g/mol. The molecule has 0 radical (unpaired) electrons. The van der Waals surface area contributed by atoms with Gasteiger partial charge in [0, 0.05) is 12.6 Å². The van der Waals surface area contributed by atoms with Gasteiger partial charge in [0.05, 0.1) is 15.6 Å². The summed E-state index contributed by atoms with van der Waals surface area (Å²) in [5.74, 6) is -1.50. The van der Waals surface area contributed by atoms with Gasteiger partial charge in [-0.05, 0) is 61.6 Å². The molecule has 3 aromatic carbocycles. The molecule has 3 aromatic rings. The average Bonchev–Trinajstić information content (AvgIpc) is 3.49. The van der Waals surface area contributed by atoms with Gasteiger partial charge < -0.3 is 10.2 Å². The number of benzene rings is 3. The third-order valence-corrected chi connectivity index (χ3v) is 9.45. The number of anilines is 1. The second-order valence-corrected chi connectivity index (χ2v) is 12.4. The number of nitrogens with one attached hydrogen (secondary N) is 1. The van der Waals surface area contributed by atoms with Gasteiger partial charge in [-0.15, -0.1) is 0 Å². The number of nitrogens with zero attached hydrogens (tertiary/aromatic N) is 2. The Morgan fingerprint density at radius 2 is 1.63 bits per heavy atom. The van der Waals surface area contributed by atoms with Crippen molar-refractivity contribution in [2.75, 3.05) is 17.4 Å². The van der Waals surface area contributed by atoms with Crippen LogP contribution >= 0.6 is 11.6 Å². The standard InChI is InChI=1S/C31H35ClFN3O4S/c1-2-29(31(38)34-24-13-9-10-14-24)35(20-19-23-11-5-3-6-12-23)30(37)22-36(25-17-18-28(33)27(32)21-25)41(39,40)26-15-7-4-8-16-26/h3-8,11-12,15-18,21,24,29H,2,9-10,13-14,19-20,22H2,1H3,(H,34,38)/t29-/m1/s1. The van der Waals surface area contributed by atoms with E-state index in [2.05, 4.69) is 5.32 Å². The van der Waals surface area contributed by atoms with Crippen molar-refractivity contribution < 1.29 is 22.4 Å². The van der Waals surface area contributed by atoms with Gasteiger partial charge in [0.15, 0.2) is 0 Å². The highest BCUT2D eigenvalue weighted by Gasteiger charge is 2.34. The highest BCUT2D eigenvalue weighted by atomic mass is 35.5. The fourth-order valence-corrected chi connectivity index (χ4v) is 6.75. The number of hydrogen-bond donors (Lipinski definition) is 1. The molecule has 218 valence electrons. The molecule has 1 saturated carbocycles.